The van der Waals surface area contributed by atoms with Crippen LogP contribution in [-0.4, -0.2) is 15.0 Å². The van der Waals surface area contributed by atoms with Crippen LogP contribution in [0.3, 0.4) is 0 Å². The molecule has 0 aromatic carbocycles. The van der Waals surface area contributed by atoms with Gasteiger partial charge in [-0.1, -0.05) is 0 Å². The van der Waals surface area contributed by atoms with Crippen molar-refractivity contribution in [2.24, 2.45) is 0 Å². The van der Waals surface area contributed by atoms with Gasteiger partial charge in [-0.25, -0.2) is 18.7 Å². The molecule has 2 aromatic rings. The molecule has 0 bridgehead atoms. The topological polar surface area (TPSA) is 58.6 Å². The number of H-pyrrole nitrogens is 1. The highest BCUT2D eigenvalue weighted by molar-refractivity contribution is 5.72. The molecule has 0 saturated heterocycles. The van der Waals surface area contributed by atoms with Gasteiger partial charge in [-0.3, -0.25) is 4.79 Å². The average molecular weight is 197 g/mol. The highest BCUT2D eigenvalue weighted by atomic mass is 19.3. The summed E-state index contributed by atoms with van der Waals surface area (Å²) in [5.41, 5.74) is -0.408. The molecule has 0 radical (unpaired) electrons. The van der Waals surface area contributed by atoms with Gasteiger partial charge in [0.25, 0.3) is 12.0 Å². The molecule has 14 heavy (non-hydrogen) atoms. The van der Waals surface area contributed by atoms with Crippen LogP contribution in [0.5, 0.6) is 0 Å². The third-order valence-corrected chi connectivity index (χ3v) is 1.69. The fourth-order valence-corrected chi connectivity index (χ4v) is 1.10. The number of aromatic nitrogens is 3. The molecule has 0 aliphatic rings. The van der Waals surface area contributed by atoms with E-state index in [1.807, 2.05) is 4.98 Å². The predicted molar refractivity (Wildman–Crippen MR) is 45.1 cm³/mol. The van der Waals surface area contributed by atoms with Crippen LogP contribution >= 0.6 is 0 Å². The quantitative estimate of drug-likeness (QED) is 0.748. The summed E-state index contributed by atoms with van der Waals surface area (Å²) in [7, 11) is 0. The summed E-state index contributed by atoms with van der Waals surface area (Å²) in [6.45, 7) is 0. The molecule has 4 nitrogen and oxygen atoms in total. The highest BCUT2D eigenvalue weighted by Gasteiger charge is 2.12. The second-order valence-electron chi connectivity index (χ2n) is 2.62. The van der Waals surface area contributed by atoms with Gasteiger partial charge in [0.15, 0.2) is 11.3 Å². The van der Waals surface area contributed by atoms with E-state index in [9.17, 15) is 13.6 Å². The second-order valence-corrected chi connectivity index (χ2v) is 2.62. The lowest BCUT2D eigenvalue weighted by Crippen LogP contribution is -2.13. The zero-order valence-electron chi connectivity index (χ0n) is 6.87. The molecule has 2 aromatic heterocycles. The Morgan fingerprint density at radius 3 is 2.93 bits per heavy atom. The monoisotopic (exact) mass is 197 g/mol. The number of hydrogen-bond donors (Lipinski definition) is 1. The number of hydrogen-bond acceptors (Lipinski definition) is 3. The summed E-state index contributed by atoms with van der Waals surface area (Å²) < 4.78 is 24.4. The van der Waals surface area contributed by atoms with Crippen LogP contribution in [0.4, 0.5) is 8.78 Å². The number of fused-ring (bicyclic) bond motifs is 1. The van der Waals surface area contributed by atoms with E-state index < -0.39 is 17.8 Å². The van der Waals surface area contributed by atoms with E-state index in [1.165, 1.54) is 18.3 Å². The Balaban J connectivity index is 2.79. The standard InChI is InChI=1S/C8H5F2N3O/c9-6(10)7-12-4-2-1-3-11-5(4)8(14)13-7/h1-3,6H,(H,12,13,14). The molecule has 1 N–H and O–H groups in total. The van der Waals surface area contributed by atoms with Gasteiger partial charge < -0.3 is 4.98 Å². The summed E-state index contributed by atoms with van der Waals surface area (Å²) in [6.07, 6.45) is -1.38. The summed E-state index contributed by atoms with van der Waals surface area (Å²) in [6, 6.07) is 2.99. The van der Waals surface area contributed by atoms with E-state index in [-0.39, 0.29) is 11.0 Å². The molecule has 0 atom stereocenters. The Kier molecular flexibility index (Phi) is 1.95. The van der Waals surface area contributed by atoms with Gasteiger partial charge in [0.1, 0.15) is 0 Å². The van der Waals surface area contributed by atoms with Gasteiger partial charge in [-0.2, -0.15) is 0 Å². The van der Waals surface area contributed by atoms with Gasteiger partial charge in [0, 0.05) is 6.20 Å². The summed E-state index contributed by atoms with van der Waals surface area (Å²) in [5.74, 6) is -0.629. The van der Waals surface area contributed by atoms with Crippen molar-refractivity contribution < 1.29 is 8.78 Å². The molecule has 72 valence electrons. The number of nitrogens with zero attached hydrogens (tertiary/aromatic N) is 2. The molecule has 0 fully saturated rings. The fourth-order valence-electron chi connectivity index (χ4n) is 1.10. The van der Waals surface area contributed by atoms with Crippen molar-refractivity contribution in [2.75, 3.05) is 0 Å². The minimum atomic E-state index is -2.78. The molecule has 6 heteroatoms. The zero-order chi connectivity index (χ0) is 10.1. The van der Waals surface area contributed by atoms with E-state index in [0.29, 0.717) is 0 Å². The number of pyridine rings is 1. The number of rotatable bonds is 1. The first-order valence-corrected chi connectivity index (χ1v) is 3.81. The SMILES string of the molecule is O=c1[nH]c(C(F)F)nc2cccnc12. The molecule has 0 spiro atoms. The smallest absolute Gasteiger partial charge is 0.295 e. The van der Waals surface area contributed by atoms with Gasteiger partial charge >= 0.3 is 0 Å². The molecule has 0 aliphatic carbocycles. The maximum Gasteiger partial charge on any atom is 0.295 e. The summed E-state index contributed by atoms with van der Waals surface area (Å²) in [4.78, 5) is 20.5. The lowest BCUT2D eigenvalue weighted by atomic mass is 10.3. The molecule has 0 unspecified atom stereocenters. The highest BCUT2D eigenvalue weighted by Crippen LogP contribution is 2.13. The number of nitrogens with one attached hydrogen (secondary N) is 1. The first-order valence-electron chi connectivity index (χ1n) is 3.81. The Morgan fingerprint density at radius 1 is 1.43 bits per heavy atom. The number of halogens is 2. The number of alkyl halides is 2. The van der Waals surface area contributed by atoms with E-state index in [0.717, 1.165) is 0 Å². The Hall–Kier alpha value is -1.85. The van der Waals surface area contributed by atoms with Crippen LogP contribution in [0.1, 0.15) is 12.2 Å². The Bertz CT molecular complexity index is 523. The fraction of sp³-hybridized carbons (Fsp3) is 0.125. The predicted octanol–water partition coefficient (Wildman–Crippen LogP) is 1.26. The van der Waals surface area contributed by atoms with Crippen LogP contribution in [-0.2, 0) is 0 Å². The normalized spacial score (nSPS) is 11.1. The molecule has 0 amide bonds. The zero-order valence-corrected chi connectivity index (χ0v) is 6.87. The minimum absolute atomic E-state index is 0.0666. The third kappa shape index (κ3) is 1.34. The van der Waals surface area contributed by atoms with Gasteiger partial charge in [0.2, 0.25) is 0 Å². The van der Waals surface area contributed by atoms with Crippen LogP contribution in [0.15, 0.2) is 23.1 Å². The van der Waals surface area contributed by atoms with Crippen molar-refractivity contribution in [3.63, 3.8) is 0 Å². The molecular formula is C8H5F2N3O. The van der Waals surface area contributed by atoms with E-state index >= 15 is 0 Å². The molecule has 0 aliphatic heterocycles. The van der Waals surface area contributed by atoms with Crippen LogP contribution in [0.25, 0.3) is 11.0 Å². The van der Waals surface area contributed by atoms with Crippen molar-refractivity contribution in [3.8, 4) is 0 Å². The Labute approximate surface area is 76.6 Å². The molecule has 0 saturated carbocycles. The Morgan fingerprint density at radius 2 is 2.21 bits per heavy atom. The first kappa shape index (κ1) is 8.74. The van der Waals surface area contributed by atoms with Gasteiger partial charge in [0.05, 0.1) is 5.52 Å². The van der Waals surface area contributed by atoms with Crippen molar-refractivity contribution in [2.45, 2.75) is 6.43 Å². The van der Waals surface area contributed by atoms with Crippen molar-refractivity contribution in [1.82, 2.24) is 15.0 Å². The minimum Gasteiger partial charge on any atom is -0.304 e. The van der Waals surface area contributed by atoms with Gasteiger partial charge in [-0.05, 0) is 12.1 Å². The summed E-state index contributed by atoms with van der Waals surface area (Å²) in [5, 5.41) is 0. The van der Waals surface area contributed by atoms with Gasteiger partial charge in [-0.15, -0.1) is 0 Å². The first-order chi connectivity index (χ1) is 6.68. The average Bonchev–Trinajstić information content (AvgIpc) is 2.17. The largest absolute Gasteiger partial charge is 0.304 e. The lowest BCUT2D eigenvalue weighted by molar-refractivity contribution is 0.140. The maximum atomic E-state index is 12.2. The molecule has 2 heterocycles. The molecule has 2 rings (SSSR count). The molecular weight excluding hydrogens is 192 g/mol. The number of aromatic amines is 1. The third-order valence-electron chi connectivity index (χ3n) is 1.69. The van der Waals surface area contributed by atoms with Crippen LogP contribution in [0.2, 0.25) is 0 Å². The van der Waals surface area contributed by atoms with Crippen molar-refractivity contribution >= 4 is 11.0 Å². The van der Waals surface area contributed by atoms with E-state index in [1.54, 1.807) is 0 Å². The van der Waals surface area contributed by atoms with E-state index in [2.05, 4.69) is 9.97 Å². The second kappa shape index (κ2) is 3.13. The van der Waals surface area contributed by atoms with Crippen molar-refractivity contribution in [1.29, 1.82) is 0 Å². The van der Waals surface area contributed by atoms with Crippen molar-refractivity contribution in [3.05, 3.63) is 34.5 Å². The van der Waals surface area contributed by atoms with Crippen LogP contribution in [0, 0.1) is 0 Å². The van der Waals surface area contributed by atoms with Crippen LogP contribution < -0.4 is 5.56 Å². The maximum absolute atomic E-state index is 12.2. The lowest BCUT2D eigenvalue weighted by Gasteiger charge is -1.99. The summed E-state index contributed by atoms with van der Waals surface area (Å²) >= 11 is 0. The van der Waals surface area contributed by atoms with E-state index in [4.69, 9.17) is 0 Å².